The molecule has 0 fully saturated rings. The summed E-state index contributed by atoms with van der Waals surface area (Å²) in [5.74, 6) is 0.0868. The van der Waals surface area contributed by atoms with Gasteiger partial charge in [0.1, 0.15) is 5.78 Å². The van der Waals surface area contributed by atoms with Crippen molar-refractivity contribution in [1.82, 2.24) is 0 Å². The van der Waals surface area contributed by atoms with Crippen molar-refractivity contribution in [2.24, 2.45) is 0 Å². The minimum atomic E-state index is -0.286. The molecule has 1 aromatic rings. The Morgan fingerprint density at radius 2 is 1.85 bits per heavy atom. The summed E-state index contributed by atoms with van der Waals surface area (Å²) in [7, 11) is 1.67. The van der Waals surface area contributed by atoms with Crippen LogP contribution >= 0.6 is 0 Å². The van der Waals surface area contributed by atoms with Gasteiger partial charge in [-0.05, 0) is 13.0 Å². The summed E-state index contributed by atoms with van der Waals surface area (Å²) < 4.78 is 0. The fourth-order valence-electron chi connectivity index (χ4n) is 1.20. The van der Waals surface area contributed by atoms with Crippen LogP contribution in [0.3, 0.4) is 0 Å². The maximum Gasteiger partial charge on any atom is 0.116 e. The molecule has 1 rings (SSSR count). The first-order valence-electron chi connectivity index (χ1n) is 3.90. The first-order chi connectivity index (χ1) is 5.75. The van der Waals surface area contributed by atoms with Gasteiger partial charge < -0.3 is 10.1 Å². The molecular formula is C10H12NOW-. The van der Waals surface area contributed by atoms with Crippen LogP contribution in [0.15, 0.2) is 30.3 Å². The summed E-state index contributed by atoms with van der Waals surface area (Å²) in [5.41, 5.74) is 0.965. The average molecular weight is 346 g/mol. The van der Waals surface area contributed by atoms with Crippen molar-refractivity contribution in [2.45, 2.75) is 13.0 Å². The van der Waals surface area contributed by atoms with E-state index < -0.39 is 0 Å². The first kappa shape index (κ1) is 12.5. The summed E-state index contributed by atoms with van der Waals surface area (Å²) in [6, 6.07) is 9.30. The van der Waals surface area contributed by atoms with Crippen LogP contribution in [-0.2, 0) is 25.9 Å². The van der Waals surface area contributed by atoms with Crippen molar-refractivity contribution in [3.8, 4) is 0 Å². The Hall–Kier alpha value is -0.462. The Morgan fingerprint density at radius 3 is 2.23 bits per heavy atom. The van der Waals surface area contributed by atoms with Gasteiger partial charge in [0.15, 0.2) is 0 Å². The number of hydrogen-bond acceptors (Lipinski definition) is 1. The van der Waals surface area contributed by atoms with E-state index in [9.17, 15) is 4.79 Å². The third-order valence-corrected chi connectivity index (χ3v) is 1.76. The molecule has 0 N–H and O–H groups in total. The molecule has 1 aromatic carbocycles. The minimum Gasteiger partial charge on any atom is -0.652 e. The molecule has 0 aromatic heterocycles. The Balaban J connectivity index is 0.00000144. The summed E-state index contributed by atoms with van der Waals surface area (Å²) >= 11 is 0. The number of ketones is 1. The first-order valence-corrected chi connectivity index (χ1v) is 3.90. The smallest absolute Gasteiger partial charge is 0.116 e. The van der Waals surface area contributed by atoms with E-state index in [1.807, 2.05) is 30.3 Å². The number of carbonyl (C=O) groups excluding carboxylic acids is 1. The van der Waals surface area contributed by atoms with E-state index in [0.29, 0.717) is 0 Å². The number of carbonyl (C=O) groups is 1. The second-order valence-electron chi connectivity index (χ2n) is 2.68. The summed E-state index contributed by atoms with van der Waals surface area (Å²) in [6.07, 6.45) is 0. The molecular weight excluding hydrogens is 334 g/mol. The van der Waals surface area contributed by atoms with Crippen LogP contribution in [0.25, 0.3) is 5.32 Å². The van der Waals surface area contributed by atoms with Gasteiger partial charge in [-0.15, -0.1) is 0 Å². The van der Waals surface area contributed by atoms with Gasteiger partial charge in [-0.25, -0.2) is 0 Å². The van der Waals surface area contributed by atoms with E-state index in [0.717, 1.165) is 5.56 Å². The Kier molecular flexibility index (Phi) is 5.85. The molecule has 0 radical (unpaired) electrons. The number of rotatable bonds is 3. The Bertz CT molecular complexity index is 261. The number of likely N-dealkylation sites (N-methyl/N-ethyl adjacent to an activating group) is 1. The van der Waals surface area contributed by atoms with Crippen molar-refractivity contribution in [3.63, 3.8) is 0 Å². The van der Waals surface area contributed by atoms with Gasteiger partial charge in [0, 0.05) is 21.1 Å². The molecule has 0 aliphatic carbocycles. The van der Waals surface area contributed by atoms with Gasteiger partial charge >= 0.3 is 0 Å². The fourth-order valence-corrected chi connectivity index (χ4v) is 1.20. The third-order valence-electron chi connectivity index (χ3n) is 1.76. The molecule has 0 saturated carbocycles. The maximum atomic E-state index is 11.1. The minimum absolute atomic E-state index is 0. The quantitative estimate of drug-likeness (QED) is 0.827. The van der Waals surface area contributed by atoms with E-state index in [-0.39, 0.29) is 32.9 Å². The van der Waals surface area contributed by atoms with E-state index in [4.69, 9.17) is 0 Å². The van der Waals surface area contributed by atoms with Crippen LogP contribution in [0, 0.1) is 0 Å². The van der Waals surface area contributed by atoms with E-state index in [1.165, 1.54) is 0 Å². The largest absolute Gasteiger partial charge is 0.652 e. The van der Waals surface area contributed by atoms with E-state index >= 15 is 0 Å². The van der Waals surface area contributed by atoms with Crippen LogP contribution in [0.4, 0.5) is 0 Å². The normalized spacial score (nSPS) is 11.5. The monoisotopic (exact) mass is 346 g/mol. The van der Waals surface area contributed by atoms with E-state index in [1.54, 1.807) is 14.0 Å². The molecule has 0 amide bonds. The third kappa shape index (κ3) is 3.41. The molecule has 0 aliphatic rings. The molecule has 0 spiro atoms. The van der Waals surface area contributed by atoms with Crippen LogP contribution in [0.2, 0.25) is 0 Å². The molecule has 0 heterocycles. The Labute approximate surface area is 93.0 Å². The van der Waals surface area contributed by atoms with Crippen LogP contribution in [0.1, 0.15) is 18.5 Å². The van der Waals surface area contributed by atoms with Crippen molar-refractivity contribution in [3.05, 3.63) is 41.2 Å². The van der Waals surface area contributed by atoms with Gasteiger partial charge in [-0.3, -0.25) is 0 Å². The molecule has 13 heavy (non-hydrogen) atoms. The van der Waals surface area contributed by atoms with Crippen molar-refractivity contribution >= 4 is 5.78 Å². The molecule has 3 heteroatoms. The van der Waals surface area contributed by atoms with Gasteiger partial charge in [0.2, 0.25) is 0 Å². The topological polar surface area (TPSA) is 31.2 Å². The fraction of sp³-hybridized carbons (Fsp3) is 0.300. The molecule has 0 saturated heterocycles. The SMILES string of the molecule is C[N-]C(C(C)=O)c1ccccc1.[W]. The molecule has 2 nitrogen and oxygen atoms in total. The predicted octanol–water partition coefficient (Wildman–Crippen LogP) is 2.32. The molecule has 1 atom stereocenters. The van der Waals surface area contributed by atoms with Gasteiger partial charge in [-0.1, -0.05) is 35.9 Å². The maximum absolute atomic E-state index is 11.1. The summed E-state index contributed by atoms with van der Waals surface area (Å²) in [6.45, 7) is 1.56. The van der Waals surface area contributed by atoms with Crippen LogP contribution < -0.4 is 0 Å². The molecule has 1 unspecified atom stereocenters. The number of hydrogen-bond donors (Lipinski definition) is 0. The number of benzene rings is 1. The zero-order valence-electron chi connectivity index (χ0n) is 7.73. The van der Waals surface area contributed by atoms with Crippen LogP contribution in [0.5, 0.6) is 0 Å². The van der Waals surface area contributed by atoms with Crippen molar-refractivity contribution < 1.29 is 25.9 Å². The van der Waals surface area contributed by atoms with Crippen molar-refractivity contribution in [1.29, 1.82) is 0 Å². The van der Waals surface area contributed by atoms with Crippen LogP contribution in [-0.4, -0.2) is 12.8 Å². The summed E-state index contributed by atoms with van der Waals surface area (Å²) in [5, 5.41) is 4.01. The van der Waals surface area contributed by atoms with Crippen molar-refractivity contribution in [2.75, 3.05) is 7.05 Å². The zero-order valence-corrected chi connectivity index (χ0v) is 10.7. The summed E-state index contributed by atoms with van der Waals surface area (Å²) in [4.78, 5) is 11.1. The van der Waals surface area contributed by atoms with Gasteiger partial charge in [0.25, 0.3) is 0 Å². The predicted molar refractivity (Wildman–Crippen MR) is 49.1 cm³/mol. The second kappa shape index (κ2) is 6.06. The van der Waals surface area contributed by atoms with E-state index in [2.05, 4.69) is 5.32 Å². The second-order valence-corrected chi connectivity index (χ2v) is 2.68. The molecule has 0 bridgehead atoms. The standard InChI is InChI=1S/C10H12NO.W/c1-8(12)10(11-2)9-6-4-3-5-7-9;/h3-7,10H,1-2H3;/q-1;. The molecule has 0 aliphatic heterocycles. The number of nitrogens with zero attached hydrogens (tertiary/aromatic N) is 1. The van der Waals surface area contributed by atoms with Gasteiger partial charge in [-0.2, -0.15) is 7.05 Å². The van der Waals surface area contributed by atoms with Gasteiger partial charge in [0.05, 0.1) is 0 Å². The zero-order chi connectivity index (χ0) is 8.97. The Morgan fingerprint density at radius 1 is 1.31 bits per heavy atom. The molecule has 70 valence electrons. The number of Topliss-reactive ketones (excluding diaryl/α,β-unsaturated/α-hetero) is 1. The average Bonchev–Trinajstić information content (AvgIpc) is 2.07.